The molecule has 19 heavy (non-hydrogen) atoms. The van der Waals surface area contributed by atoms with Gasteiger partial charge in [0.25, 0.3) is 0 Å². The molecular formula is C13H18N4O2. The van der Waals surface area contributed by atoms with Gasteiger partial charge in [0, 0.05) is 6.20 Å². The summed E-state index contributed by atoms with van der Waals surface area (Å²) in [4.78, 5) is 16.4. The molecule has 0 aliphatic heterocycles. The third kappa shape index (κ3) is 2.25. The van der Waals surface area contributed by atoms with Crippen LogP contribution < -0.4 is 11.1 Å². The van der Waals surface area contributed by atoms with Crippen molar-refractivity contribution in [1.82, 2.24) is 4.98 Å². The number of carbonyl (C=O) groups excluding carboxylic acids is 1. The molecule has 6 heteroatoms. The Balaban J connectivity index is 2.21. The van der Waals surface area contributed by atoms with Crippen molar-refractivity contribution in [3.8, 4) is 0 Å². The van der Waals surface area contributed by atoms with E-state index in [1.54, 1.807) is 12.4 Å². The molecule has 1 aliphatic rings. The summed E-state index contributed by atoms with van der Waals surface area (Å²) in [6.07, 6.45) is 4.44. The normalized spacial score (nSPS) is 26.6. The minimum atomic E-state index is -0.892. The molecule has 0 atom stereocenters. The summed E-state index contributed by atoms with van der Waals surface area (Å²) >= 11 is 0. The van der Waals surface area contributed by atoms with Gasteiger partial charge in [-0.1, -0.05) is 12.1 Å². The molecule has 4 N–H and O–H groups in total. The van der Waals surface area contributed by atoms with Gasteiger partial charge in [0.05, 0.1) is 11.9 Å². The van der Waals surface area contributed by atoms with E-state index in [1.165, 1.54) is 0 Å². The van der Waals surface area contributed by atoms with Crippen LogP contribution in [0.3, 0.4) is 0 Å². The lowest BCUT2D eigenvalue weighted by Crippen LogP contribution is -2.54. The molecule has 1 fully saturated rings. The van der Waals surface area contributed by atoms with Crippen LogP contribution in [0.15, 0.2) is 23.6 Å². The van der Waals surface area contributed by atoms with Crippen molar-refractivity contribution >= 4 is 17.4 Å². The number of nitrogens with one attached hydrogen (secondary N) is 1. The van der Waals surface area contributed by atoms with Crippen molar-refractivity contribution in [1.29, 1.82) is 0 Å². The summed E-state index contributed by atoms with van der Waals surface area (Å²) in [5, 5.41) is 14.7. The largest absolute Gasteiger partial charge is 0.409 e. The van der Waals surface area contributed by atoms with E-state index in [9.17, 15) is 4.79 Å². The maximum atomic E-state index is 12.4. The number of anilines is 1. The van der Waals surface area contributed by atoms with Gasteiger partial charge in [-0.3, -0.25) is 9.78 Å². The number of amides is 1. The molecule has 0 radical (unpaired) electrons. The molecule has 0 aromatic carbocycles. The van der Waals surface area contributed by atoms with Gasteiger partial charge in [-0.05, 0) is 37.3 Å². The molecule has 0 bridgehead atoms. The van der Waals surface area contributed by atoms with E-state index in [2.05, 4.69) is 15.5 Å². The van der Waals surface area contributed by atoms with Crippen LogP contribution >= 0.6 is 0 Å². The number of carbonyl (C=O) groups is 1. The Morgan fingerprint density at radius 3 is 2.84 bits per heavy atom. The maximum Gasteiger partial charge on any atom is 0.238 e. The average Bonchev–Trinajstić information content (AvgIpc) is 2.36. The Hall–Kier alpha value is -2.11. The van der Waals surface area contributed by atoms with Gasteiger partial charge in [-0.25, -0.2) is 0 Å². The minimum Gasteiger partial charge on any atom is -0.409 e. The van der Waals surface area contributed by atoms with E-state index in [0.29, 0.717) is 24.4 Å². The van der Waals surface area contributed by atoms with Gasteiger partial charge in [0.1, 0.15) is 5.41 Å². The highest BCUT2D eigenvalue weighted by Gasteiger charge is 2.52. The Morgan fingerprint density at radius 1 is 1.63 bits per heavy atom. The van der Waals surface area contributed by atoms with Crippen LogP contribution in [0, 0.1) is 18.3 Å². The predicted molar refractivity (Wildman–Crippen MR) is 71.8 cm³/mol. The van der Waals surface area contributed by atoms with E-state index in [0.717, 1.165) is 5.56 Å². The second-order valence-corrected chi connectivity index (χ2v) is 5.23. The first kappa shape index (κ1) is 13.3. The second-order valence-electron chi connectivity index (χ2n) is 5.23. The number of nitrogens with two attached hydrogens (primary N) is 1. The highest BCUT2D eigenvalue weighted by molar-refractivity contribution is 6.12. The lowest BCUT2D eigenvalue weighted by molar-refractivity contribution is -0.127. The van der Waals surface area contributed by atoms with E-state index in [-0.39, 0.29) is 11.7 Å². The smallest absolute Gasteiger partial charge is 0.238 e. The number of aromatic nitrogens is 1. The zero-order chi connectivity index (χ0) is 14.0. The summed E-state index contributed by atoms with van der Waals surface area (Å²) < 4.78 is 0. The first-order valence-corrected chi connectivity index (χ1v) is 6.19. The van der Waals surface area contributed by atoms with Crippen LogP contribution in [0.25, 0.3) is 0 Å². The van der Waals surface area contributed by atoms with Gasteiger partial charge < -0.3 is 16.3 Å². The summed E-state index contributed by atoms with van der Waals surface area (Å²) in [7, 11) is 0. The summed E-state index contributed by atoms with van der Waals surface area (Å²) in [5.74, 6) is 0.127. The molecule has 1 aromatic rings. The highest BCUT2D eigenvalue weighted by atomic mass is 16.4. The Labute approximate surface area is 111 Å². The van der Waals surface area contributed by atoms with Gasteiger partial charge in [0.15, 0.2) is 5.84 Å². The first-order valence-electron chi connectivity index (χ1n) is 6.19. The van der Waals surface area contributed by atoms with E-state index in [1.807, 2.05) is 19.9 Å². The number of hydrogen-bond acceptors (Lipinski definition) is 4. The lowest BCUT2D eigenvalue weighted by Gasteiger charge is -2.43. The summed E-state index contributed by atoms with van der Waals surface area (Å²) in [6.45, 7) is 3.92. The first-order chi connectivity index (χ1) is 8.99. The Bertz CT molecular complexity index is 521. The average molecular weight is 262 g/mol. The zero-order valence-corrected chi connectivity index (χ0v) is 11.1. The number of amidine groups is 1. The predicted octanol–water partition coefficient (Wildman–Crippen LogP) is 1.49. The zero-order valence-electron chi connectivity index (χ0n) is 11.1. The van der Waals surface area contributed by atoms with Crippen LogP contribution in [0.5, 0.6) is 0 Å². The van der Waals surface area contributed by atoms with Crippen LogP contribution in [-0.4, -0.2) is 21.9 Å². The topological polar surface area (TPSA) is 101 Å². The molecule has 1 saturated carbocycles. The van der Waals surface area contributed by atoms with Crippen molar-refractivity contribution < 1.29 is 10.0 Å². The van der Waals surface area contributed by atoms with Crippen molar-refractivity contribution in [2.24, 2.45) is 22.2 Å². The molecule has 6 nitrogen and oxygen atoms in total. The maximum absolute atomic E-state index is 12.4. The molecule has 1 heterocycles. The second kappa shape index (κ2) is 4.87. The molecule has 1 aliphatic carbocycles. The number of oxime groups is 1. The highest BCUT2D eigenvalue weighted by Crippen LogP contribution is 2.46. The molecule has 102 valence electrons. The molecule has 0 spiro atoms. The molecule has 0 saturated heterocycles. The fourth-order valence-corrected chi connectivity index (χ4v) is 2.57. The fraction of sp³-hybridized carbons (Fsp3) is 0.462. The van der Waals surface area contributed by atoms with Crippen molar-refractivity contribution in [3.05, 3.63) is 24.0 Å². The number of nitrogens with zero attached hydrogens (tertiary/aromatic N) is 2. The van der Waals surface area contributed by atoms with Crippen LogP contribution in [0.2, 0.25) is 0 Å². The molecule has 1 aromatic heterocycles. The van der Waals surface area contributed by atoms with Crippen molar-refractivity contribution in [3.63, 3.8) is 0 Å². The van der Waals surface area contributed by atoms with Gasteiger partial charge >= 0.3 is 0 Å². The van der Waals surface area contributed by atoms with Crippen molar-refractivity contribution in [2.75, 3.05) is 5.32 Å². The third-order valence-corrected chi connectivity index (χ3v) is 3.71. The van der Waals surface area contributed by atoms with Gasteiger partial charge in [-0.15, -0.1) is 0 Å². The van der Waals surface area contributed by atoms with E-state index >= 15 is 0 Å². The summed E-state index contributed by atoms with van der Waals surface area (Å²) in [6, 6.07) is 1.81. The third-order valence-electron chi connectivity index (χ3n) is 3.71. The van der Waals surface area contributed by atoms with E-state index < -0.39 is 5.41 Å². The molecule has 2 rings (SSSR count). The Kier molecular flexibility index (Phi) is 3.42. The standard InChI is InChI=1S/C13H18N4O2/c1-8-5-13(6-8,11(14)17-19)12(18)16-10-7-15-4-3-9(10)2/h3-4,7-8,19H,5-6H2,1-2H3,(H2,14,17)(H,16,18). The van der Waals surface area contributed by atoms with E-state index in [4.69, 9.17) is 10.9 Å². The van der Waals surface area contributed by atoms with Crippen LogP contribution in [-0.2, 0) is 4.79 Å². The monoisotopic (exact) mass is 262 g/mol. The van der Waals surface area contributed by atoms with Crippen LogP contribution in [0.4, 0.5) is 5.69 Å². The SMILES string of the molecule is Cc1ccncc1NC(=O)C1(/C(N)=N/O)CC(C)C1. The van der Waals surface area contributed by atoms with Gasteiger partial charge in [0.2, 0.25) is 5.91 Å². The quantitative estimate of drug-likeness (QED) is 0.332. The van der Waals surface area contributed by atoms with Crippen LogP contribution in [0.1, 0.15) is 25.3 Å². The fourth-order valence-electron chi connectivity index (χ4n) is 2.57. The number of aryl methyl sites for hydroxylation is 1. The molecular weight excluding hydrogens is 244 g/mol. The Morgan fingerprint density at radius 2 is 2.32 bits per heavy atom. The molecule has 0 unspecified atom stereocenters. The number of pyridine rings is 1. The number of hydrogen-bond donors (Lipinski definition) is 3. The molecule has 1 amide bonds. The van der Waals surface area contributed by atoms with Crippen molar-refractivity contribution in [2.45, 2.75) is 26.7 Å². The van der Waals surface area contributed by atoms with Gasteiger partial charge in [-0.2, -0.15) is 0 Å². The number of rotatable bonds is 3. The summed E-state index contributed by atoms with van der Waals surface area (Å²) in [5.41, 5.74) is 6.37. The minimum absolute atomic E-state index is 0.0235. The lowest BCUT2D eigenvalue weighted by atomic mass is 9.61.